The second-order valence-corrected chi connectivity index (χ2v) is 15.2. The Kier molecular flexibility index (Phi) is 11.3. The van der Waals surface area contributed by atoms with Gasteiger partial charge in [-0.05, 0) is 111 Å². The van der Waals surface area contributed by atoms with Crippen molar-refractivity contribution in [2.75, 3.05) is 19.6 Å². The van der Waals surface area contributed by atoms with Crippen LogP contribution >= 0.6 is 0 Å². The topological polar surface area (TPSA) is 114 Å². The maximum atomic E-state index is 12.8. The zero-order valence-corrected chi connectivity index (χ0v) is 27.2. The number of hydrogen-bond donors (Lipinski definition) is 2. The molecule has 8 heteroatoms. The van der Waals surface area contributed by atoms with Gasteiger partial charge in [-0.25, -0.2) is 0 Å². The predicted molar refractivity (Wildman–Crippen MR) is 165 cm³/mol. The van der Waals surface area contributed by atoms with Crippen LogP contribution in [0.2, 0.25) is 0 Å². The summed E-state index contributed by atoms with van der Waals surface area (Å²) in [6.45, 7) is 13.5. The molecule has 0 saturated heterocycles. The summed E-state index contributed by atoms with van der Waals surface area (Å²) in [5.74, 6) is 4.61. The molecule has 0 aliphatic heterocycles. The Morgan fingerprint density at radius 1 is 1.12 bits per heavy atom. The minimum Gasteiger partial charge on any atom is -0.569 e. The largest absolute Gasteiger partial charge is 0.569 e. The molecule has 3 saturated carbocycles. The van der Waals surface area contributed by atoms with Crippen LogP contribution < -0.4 is 5.73 Å². The number of fused-ring (bicyclic) bond motifs is 5. The number of esters is 1. The van der Waals surface area contributed by atoms with Crippen molar-refractivity contribution in [3.63, 3.8) is 0 Å². The number of carbonyl (C=O) groups is 1. The minimum absolute atomic E-state index is 0.0890. The lowest BCUT2D eigenvalue weighted by Gasteiger charge is -2.58. The van der Waals surface area contributed by atoms with Gasteiger partial charge in [0, 0.05) is 6.42 Å². The monoisotopic (exact) mass is 588 g/mol. The van der Waals surface area contributed by atoms with Gasteiger partial charge in [-0.2, -0.15) is 0 Å². The van der Waals surface area contributed by atoms with E-state index in [0.29, 0.717) is 24.9 Å². The van der Waals surface area contributed by atoms with Crippen LogP contribution in [0.25, 0.3) is 0 Å². The van der Waals surface area contributed by atoms with Gasteiger partial charge in [0.1, 0.15) is 6.10 Å². The maximum absolute atomic E-state index is 12.8. The van der Waals surface area contributed by atoms with E-state index < -0.39 is 0 Å². The fourth-order valence-corrected chi connectivity index (χ4v) is 10.00. The smallest absolute Gasteiger partial charge is 0.308 e. The van der Waals surface area contributed by atoms with Crippen LogP contribution in [0, 0.1) is 51.5 Å². The van der Waals surface area contributed by atoms with Crippen molar-refractivity contribution < 1.29 is 19.7 Å². The van der Waals surface area contributed by atoms with Crippen LogP contribution in [0.15, 0.2) is 16.9 Å². The molecule has 0 aromatic heterocycles. The van der Waals surface area contributed by atoms with E-state index in [1.165, 1.54) is 61.9 Å². The first-order valence-corrected chi connectivity index (χ1v) is 17.2. The summed E-state index contributed by atoms with van der Waals surface area (Å²) in [7, 11) is 0. The first-order valence-electron chi connectivity index (χ1n) is 17.2. The van der Waals surface area contributed by atoms with E-state index in [2.05, 4.69) is 46.0 Å². The average molecular weight is 589 g/mol. The number of hydrazine groups is 1. The van der Waals surface area contributed by atoms with E-state index in [4.69, 9.17) is 15.7 Å². The van der Waals surface area contributed by atoms with Gasteiger partial charge in [0.05, 0.1) is 24.5 Å². The summed E-state index contributed by atoms with van der Waals surface area (Å²) in [5.41, 5.74) is 7.78. The molecule has 42 heavy (non-hydrogen) atoms. The number of rotatable bonds is 14. The van der Waals surface area contributed by atoms with Crippen molar-refractivity contribution in [3.8, 4) is 0 Å². The second kappa shape index (κ2) is 14.3. The average Bonchev–Trinajstić information content (AvgIpc) is 3.31. The van der Waals surface area contributed by atoms with Crippen molar-refractivity contribution in [2.45, 2.75) is 131 Å². The van der Waals surface area contributed by atoms with Gasteiger partial charge in [-0.15, -0.1) is 5.01 Å². The number of carbonyl (C=O) groups excluding carboxylic acids is 1. The van der Waals surface area contributed by atoms with Crippen LogP contribution in [0.1, 0.15) is 125 Å². The highest BCUT2D eigenvalue weighted by atomic mass is 16.6. The summed E-state index contributed by atoms with van der Waals surface area (Å²) in [4.78, 5) is 12.9. The molecule has 8 nitrogen and oxygen atoms in total. The molecule has 0 bridgehead atoms. The number of nitrogens with zero attached hydrogens (tertiary/aromatic N) is 3. The quantitative estimate of drug-likeness (QED) is 0.0538. The van der Waals surface area contributed by atoms with Crippen molar-refractivity contribution in [1.82, 2.24) is 5.01 Å². The molecule has 4 rings (SSSR count). The third-order valence-electron chi connectivity index (χ3n) is 12.3. The number of ether oxygens (including phenoxy) is 1. The highest BCUT2D eigenvalue weighted by Crippen LogP contribution is 2.67. The molecule has 0 aromatic rings. The molecule has 0 heterocycles. The molecule has 8 atom stereocenters. The molecule has 0 aromatic carbocycles. The van der Waals surface area contributed by atoms with Crippen LogP contribution in [-0.2, 0) is 9.53 Å². The van der Waals surface area contributed by atoms with E-state index in [-0.39, 0.29) is 35.4 Å². The molecule has 3 fully saturated rings. The second-order valence-electron chi connectivity index (χ2n) is 15.2. The van der Waals surface area contributed by atoms with Gasteiger partial charge in [-0.3, -0.25) is 4.79 Å². The summed E-state index contributed by atoms with van der Waals surface area (Å²) < 4.78 is 5.94. The number of hydrogen-bond acceptors (Lipinski definition) is 5. The molecule has 3 N–H and O–H groups in total. The van der Waals surface area contributed by atoms with Gasteiger partial charge in [-0.1, -0.05) is 65.5 Å². The molecule has 1 unspecified atom stereocenters. The molecular formula is C34H60N4O4. The Morgan fingerprint density at radius 3 is 2.62 bits per heavy atom. The lowest BCUT2D eigenvalue weighted by molar-refractivity contribution is -0.709. The lowest BCUT2D eigenvalue weighted by Crippen LogP contribution is -2.51. The van der Waals surface area contributed by atoms with Crippen LogP contribution in [0.3, 0.4) is 0 Å². The molecular weight excluding hydrogens is 528 g/mol. The zero-order valence-electron chi connectivity index (χ0n) is 27.2. The van der Waals surface area contributed by atoms with Crippen molar-refractivity contribution in [2.24, 2.45) is 57.3 Å². The minimum atomic E-state index is -0.291. The fourth-order valence-electron chi connectivity index (χ4n) is 10.00. The summed E-state index contributed by atoms with van der Waals surface area (Å²) in [6.07, 6.45) is 17.7. The standard InChI is InChI=1S/C34H60N4O4/c1-24(2)9-8-10-25(3)29-13-14-30-28-12-11-26-23-27(15-18-33(26,4)31(28)16-19-34(29,30)5)42-32(39)17-22-37(38(41)36-40)21-7-6-20-35/h11,24-25,27-31,40H,6-10,12-23,35H2,1-5H3/b38-36-/t25-,27+,28?,29-,30+,31+,33+,34-/m1/s1. The predicted octanol–water partition coefficient (Wildman–Crippen LogP) is 7.64. The lowest BCUT2D eigenvalue weighted by atomic mass is 9.47. The van der Waals surface area contributed by atoms with Gasteiger partial charge in [0.15, 0.2) is 0 Å². The van der Waals surface area contributed by atoms with E-state index in [0.717, 1.165) is 61.2 Å². The molecule has 4 aliphatic rings. The first kappa shape index (κ1) is 33.1. The Labute approximate surface area is 255 Å². The Bertz CT molecular complexity index is 969. The summed E-state index contributed by atoms with van der Waals surface area (Å²) >= 11 is 0. The van der Waals surface area contributed by atoms with Gasteiger partial charge in [0.25, 0.3) is 0 Å². The van der Waals surface area contributed by atoms with Crippen molar-refractivity contribution in [1.29, 1.82) is 0 Å². The van der Waals surface area contributed by atoms with Crippen molar-refractivity contribution >= 4 is 5.97 Å². The van der Waals surface area contributed by atoms with Gasteiger partial charge in [0.2, 0.25) is 5.28 Å². The molecule has 0 spiro atoms. The number of nitrogens with two attached hydrogens (primary N) is 1. The third kappa shape index (κ3) is 7.10. The van der Waals surface area contributed by atoms with Gasteiger partial charge < -0.3 is 20.9 Å². The van der Waals surface area contributed by atoms with Crippen LogP contribution in [0.4, 0.5) is 0 Å². The maximum Gasteiger partial charge on any atom is 0.308 e. The van der Waals surface area contributed by atoms with Crippen LogP contribution in [0.5, 0.6) is 0 Å². The first-order chi connectivity index (χ1) is 20.0. The van der Waals surface area contributed by atoms with Gasteiger partial charge >= 0.3 is 5.97 Å². The summed E-state index contributed by atoms with van der Waals surface area (Å²) in [6, 6.07) is 0. The Balaban J connectivity index is 1.33. The SMILES string of the molecule is CC(C)CCC[C@@H](C)[C@H]1CC[C@H]2C3CC=C4C[C@@H](OC(=O)CCN(CCCCN)/[N+]([O-])=N/O)CC[C@]4(C)[C@H]3CC[C@]12C. The summed E-state index contributed by atoms with van der Waals surface area (Å²) in [5, 5.41) is 24.8. The van der Waals surface area contributed by atoms with E-state index >= 15 is 0 Å². The Hall–Kier alpha value is -1.83. The molecule has 4 aliphatic carbocycles. The fraction of sp³-hybridized carbons (Fsp3) is 0.912. The molecule has 0 amide bonds. The Morgan fingerprint density at radius 2 is 1.90 bits per heavy atom. The third-order valence-corrected chi connectivity index (χ3v) is 12.3. The highest BCUT2D eigenvalue weighted by Gasteiger charge is 2.59. The van der Waals surface area contributed by atoms with Crippen LogP contribution in [-0.4, -0.2) is 46.9 Å². The van der Waals surface area contributed by atoms with E-state index in [9.17, 15) is 10.0 Å². The van der Waals surface area contributed by atoms with E-state index in [1.54, 1.807) is 0 Å². The normalized spacial score (nSPS) is 35.2. The van der Waals surface area contributed by atoms with E-state index in [1.807, 2.05) is 0 Å². The highest BCUT2D eigenvalue weighted by molar-refractivity contribution is 5.69. The zero-order chi connectivity index (χ0) is 30.5. The number of allylic oxidation sites excluding steroid dienone is 1. The molecule has 0 radical (unpaired) electrons. The molecule has 240 valence electrons. The number of unbranched alkanes of at least 4 members (excludes halogenated alkanes) is 1. The van der Waals surface area contributed by atoms with Crippen molar-refractivity contribution in [3.05, 3.63) is 16.9 Å².